The molecular formula is C17H14N4O5. The number of carbonyl (C=O) groups excluding carboxylic acids is 1. The van der Waals surface area contributed by atoms with E-state index in [0.717, 1.165) is 11.6 Å². The van der Waals surface area contributed by atoms with Crippen LogP contribution in [0.4, 0.5) is 11.4 Å². The molecule has 3 rings (SSSR count). The number of nitrogens with one attached hydrogen (secondary N) is 1. The van der Waals surface area contributed by atoms with Gasteiger partial charge in [-0.05, 0) is 24.3 Å². The van der Waals surface area contributed by atoms with Gasteiger partial charge >= 0.3 is 5.97 Å². The van der Waals surface area contributed by atoms with Crippen LogP contribution in [0.25, 0.3) is 11.5 Å². The lowest BCUT2D eigenvalue weighted by molar-refractivity contribution is -0.384. The Morgan fingerprint density at radius 3 is 2.69 bits per heavy atom. The van der Waals surface area contributed by atoms with Crippen molar-refractivity contribution >= 4 is 17.3 Å². The van der Waals surface area contributed by atoms with Gasteiger partial charge in [-0.2, -0.15) is 0 Å². The van der Waals surface area contributed by atoms with E-state index in [1.165, 1.54) is 12.1 Å². The standard InChI is InChI=1S/C17H14N4O5/c1-18-13-8-7-12(9-14(13)21(23)24)17(22)25-10-15-19-20-16(26-15)11-5-3-2-4-6-11/h2-9,18H,10H2,1H3. The van der Waals surface area contributed by atoms with Gasteiger partial charge in [0.05, 0.1) is 10.5 Å². The molecule has 1 aromatic heterocycles. The lowest BCUT2D eigenvalue weighted by Crippen LogP contribution is -2.07. The van der Waals surface area contributed by atoms with Crippen molar-refractivity contribution in [2.45, 2.75) is 6.61 Å². The summed E-state index contributed by atoms with van der Waals surface area (Å²) in [4.78, 5) is 22.6. The van der Waals surface area contributed by atoms with Crippen LogP contribution in [-0.4, -0.2) is 28.1 Å². The second-order valence-corrected chi connectivity index (χ2v) is 5.18. The normalized spacial score (nSPS) is 10.3. The maximum Gasteiger partial charge on any atom is 0.338 e. The number of carbonyl (C=O) groups is 1. The van der Waals surface area contributed by atoms with Crippen molar-refractivity contribution in [1.82, 2.24) is 10.2 Å². The van der Waals surface area contributed by atoms with Crippen molar-refractivity contribution in [3.05, 3.63) is 70.1 Å². The quantitative estimate of drug-likeness (QED) is 0.407. The number of nitro benzene ring substituents is 1. The van der Waals surface area contributed by atoms with Crippen LogP contribution in [0, 0.1) is 10.1 Å². The van der Waals surface area contributed by atoms with E-state index in [4.69, 9.17) is 9.15 Å². The number of ether oxygens (including phenoxy) is 1. The van der Waals surface area contributed by atoms with Gasteiger partial charge in [-0.1, -0.05) is 18.2 Å². The molecule has 0 saturated carbocycles. The maximum absolute atomic E-state index is 12.1. The fourth-order valence-electron chi connectivity index (χ4n) is 2.24. The number of rotatable bonds is 6. The largest absolute Gasteiger partial charge is 0.452 e. The smallest absolute Gasteiger partial charge is 0.338 e. The molecule has 9 heteroatoms. The summed E-state index contributed by atoms with van der Waals surface area (Å²) >= 11 is 0. The molecule has 26 heavy (non-hydrogen) atoms. The van der Waals surface area contributed by atoms with E-state index in [-0.39, 0.29) is 23.7 Å². The number of hydrogen-bond acceptors (Lipinski definition) is 8. The van der Waals surface area contributed by atoms with Crippen LogP contribution in [0.1, 0.15) is 16.2 Å². The molecule has 0 aliphatic heterocycles. The van der Waals surface area contributed by atoms with Gasteiger partial charge in [-0.25, -0.2) is 4.79 Å². The highest BCUT2D eigenvalue weighted by atomic mass is 16.6. The summed E-state index contributed by atoms with van der Waals surface area (Å²) < 4.78 is 10.5. The molecule has 2 aromatic carbocycles. The van der Waals surface area contributed by atoms with Crippen molar-refractivity contribution in [2.75, 3.05) is 12.4 Å². The Morgan fingerprint density at radius 1 is 1.23 bits per heavy atom. The summed E-state index contributed by atoms with van der Waals surface area (Å²) in [6.07, 6.45) is 0. The first-order valence-electron chi connectivity index (χ1n) is 7.59. The number of nitrogens with zero attached hydrogens (tertiary/aromatic N) is 3. The zero-order valence-corrected chi connectivity index (χ0v) is 13.7. The van der Waals surface area contributed by atoms with Crippen LogP contribution in [0.3, 0.4) is 0 Å². The molecule has 132 valence electrons. The van der Waals surface area contributed by atoms with Crippen LogP contribution >= 0.6 is 0 Å². The molecule has 1 heterocycles. The molecule has 0 saturated heterocycles. The summed E-state index contributed by atoms with van der Waals surface area (Å²) in [6.45, 7) is -0.236. The number of aromatic nitrogens is 2. The molecule has 0 aliphatic rings. The highest BCUT2D eigenvalue weighted by Gasteiger charge is 2.18. The fraction of sp³-hybridized carbons (Fsp3) is 0.118. The third kappa shape index (κ3) is 3.66. The third-order valence-electron chi connectivity index (χ3n) is 3.51. The van der Waals surface area contributed by atoms with E-state index < -0.39 is 10.9 Å². The van der Waals surface area contributed by atoms with Crippen LogP contribution in [0.2, 0.25) is 0 Å². The first kappa shape index (κ1) is 17.1. The Bertz CT molecular complexity index is 939. The highest BCUT2D eigenvalue weighted by Crippen LogP contribution is 2.25. The predicted molar refractivity (Wildman–Crippen MR) is 91.5 cm³/mol. The zero-order chi connectivity index (χ0) is 18.5. The van der Waals surface area contributed by atoms with Crippen LogP contribution in [0.15, 0.2) is 52.9 Å². The lowest BCUT2D eigenvalue weighted by Gasteiger charge is -2.05. The van der Waals surface area contributed by atoms with Gasteiger partial charge in [-0.15, -0.1) is 10.2 Å². The Labute approximate surface area is 147 Å². The molecular weight excluding hydrogens is 340 g/mol. The van der Waals surface area contributed by atoms with E-state index in [2.05, 4.69) is 15.5 Å². The summed E-state index contributed by atoms with van der Waals surface area (Å²) in [5, 5.41) is 21.5. The van der Waals surface area contributed by atoms with E-state index in [0.29, 0.717) is 11.6 Å². The topological polar surface area (TPSA) is 120 Å². The Balaban J connectivity index is 1.69. The van der Waals surface area contributed by atoms with Crippen molar-refractivity contribution in [3.63, 3.8) is 0 Å². The number of esters is 1. The van der Waals surface area contributed by atoms with Gasteiger partial charge in [-0.3, -0.25) is 10.1 Å². The van der Waals surface area contributed by atoms with Gasteiger partial charge < -0.3 is 14.5 Å². The molecule has 0 unspecified atom stereocenters. The van der Waals surface area contributed by atoms with Gasteiger partial charge in [0.1, 0.15) is 5.69 Å². The van der Waals surface area contributed by atoms with Gasteiger partial charge in [0.25, 0.3) is 11.6 Å². The molecule has 3 aromatic rings. The Morgan fingerprint density at radius 2 is 2.00 bits per heavy atom. The van der Waals surface area contributed by atoms with Crippen molar-refractivity contribution in [3.8, 4) is 11.5 Å². The minimum atomic E-state index is -0.727. The van der Waals surface area contributed by atoms with E-state index in [1.54, 1.807) is 7.05 Å². The maximum atomic E-state index is 12.1. The number of nitro groups is 1. The van der Waals surface area contributed by atoms with Crippen molar-refractivity contribution < 1.29 is 18.9 Å². The summed E-state index contributed by atoms with van der Waals surface area (Å²) in [6, 6.07) is 13.2. The molecule has 0 radical (unpaired) electrons. The molecule has 0 spiro atoms. The predicted octanol–water partition coefficient (Wildman–Crippen LogP) is 3.04. The highest BCUT2D eigenvalue weighted by molar-refractivity contribution is 5.91. The molecule has 0 aliphatic carbocycles. The summed E-state index contributed by atoms with van der Waals surface area (Å²) in [7, 11) is 1.56. The first-order valence-corrected chi connectivity index (χ1v) is 7.59. The molecule has 0 amide bonds. The minimum absolute atomic E-state index is 0.0542. The van der Waals surface area contributed by atoms with E-state index in [9.17, 15) is 14.9 Å². The summed E-state index contributed by atoms with van der Waals surface area (Å²) in [5.41, 5.74) is 0.886. The van der Waals surface area contributed by atoms with Crippen molar-refractivity contribution in [2.24, 2.45) is 0 Å². The average molecular weight is 354 g/mol. The number of benzene rings is 2. The van der Waals surface area contributed by atoms with Crippen LogP contribution < -0.4 is 5.32 Å². The van der Waals surface area contributed by atoms with E-state index >= 15 is 0 Å². The van der Waals surface area contributed by atoms with Crippen molar-refractivity contribution in [1.29, 1.82) is 0 Å². The molecule has 9 nitrogen and oxygen atoms in total. The zero-order valence-electron chi connectivity index (χ0n) is 13.7. The van der Waals surface area contributed by atoms with Crippen LogP contribution in [-0.2, 0) is 11.3 Å². The number of hydrogen-bond donors (Lipinski definition) is 1. The van der Waals surface area contributed by atoms with Gasteiger partial charge in [0.2, 0.25) is 5.89 Å². The lowest BCUT2D eigenvalue weighted by atomic mass is 10.1. The second kappa shape index (κ2) is 7.43. The number of anilines is 1. The SMILES string of the molecule is CNc1ccc(C(=O)OCc2nnc(-c3ccccc3)o2)cc1[N+](=O)[O-]. The molecule has 0 atom stereocenters. The van der Waals surface area contributed by atoms with Gasteiger partial charge in [0.15, 0.2) is 6.61 Å². The summed E-state index contributed by atoms with van der Waals surface area (Å²) in [5.74, 6) is -0.292. The molecule has 1 N–H and O–H groups in total. The Hall–Kier alpha value is -3.75. The van der Waals surface area contributed by atoms with Gasteiger partial charge in [0, 0.05) is 18.7 Å². The fourth-order valence-corrected chi connectivity index (χ4v) is 2.24. The monoisotopic (exact) mass is 354 g/mol. The average Bonchev–Trinajstić information content (AvgIpc) is 3.15. The Kier molecular flexibility index (Phi) is 4.88. The molecule has 0 bridgehead atoms. The van der Waals surface area contributed by atoms with E-state index in [1.807, 2.05) is 30.3 Å². The van der Waals surface area contributed by atoms with Crippen LogP contribution in [0.5, 0.6) is 0 Å². The second-order valence-electron chi connectivity index (χ2n) is 5.18. The minimum Gasteiger partial charge on any atom is -0.452 e. The molecule has 0 fully saturated rings. The third-order valence-corrected chi connectivity index (χ3v) is 3.51. The first-order chi connectivity index (χ1) is 12.6.